The summed E-state index contributed by atoms with van der Waals surface area (Å²) in [6.45, 7) is 7.71. The number of nitrogens with one attached hydrogen (secondary N) is 1. The Bertz CT molecular complexity index is 477. The molecule has 25 heavy (non-hydrogen) atoms. The maximum atomic E-state index is 6.94. The third-order valence-corrected chi connectivity index (χ3v) is 2.47. The van der Waals surface area contributed by atoms with Crippen molar-refractivity contribution in [2.24, 2.45) is 0 Å². The van der Waals surface area contributed by atoms with Gasteiger partial charge in [0.1, 0.15) is 5.75 Å². The van der Waals surface area contributed by atoms with Gasteiger partial charge in [-0.15, -0.1) is 17.5 Å². The van der Waals surface area contributed by atoms with Gasteiger partial charge in [-0.2, -0.15) is 11.1 Å². The molecule has 1 N–H and O–H groups in total. The fourth-order valence-electron chi connectivity index (χ4n) is 1.62. The Morgan fingerprint density at radius 1 is 1.04 bits per heavy atom. The quantitative estimate of drug-likeness (QED) is 0.410. The second kappa shape index (κ2) is 18.8. The molecule has 2 nitrogen and oxygen atoms in total. The van der Waals surface area contributed by atoms with E-state index in [0.717, 1.165) is 12.2 Å². The number of allylic oxidation sites excluding steroid dienone is 4. The van der Waals surface area contributed by atoms with Crippen LogP contribution in [0.25, 0.3) is 11.3 Å². The third-order valence-electron chi connectivity index (χ3n) is 2.47. The molecule has 6 heteroatoms. The van der Waals surface area contributed by atoms with Gasteiger partial charge in [0.05, 0.1) is 7.11 Å². The standard InChI is InChI=1S/C13H13O.C4H10N.2CH3.2ClH.H4Si.Ti/c1-10-4-3-5-13(10)11-6-8-12(14-2)9-7-11;1-4(2,3)5;;;;;;/h5-9H,4H2,1-2H3;5H,1-3H3;2*1H3;2*1H;1H4;/q4*-1;;;;+2/p-2. The molecule has 0 saturated heterocycles. The zero-order valence-corrected chi connectivity index (χ0v) is 18.8. The molecule has 1 aliphatic carbocycles. The van der Waals surface area contributed by atoms with E-state index in [-0.39, 0.29) is 77.9 Å². The average Bonchev–Trinajstić information content (AvgIpc) is 2.73. The van der Waals surface area contributed by atoms with Crippen molar-refractivity contribution in [2.45, 2.75) is 39.7 Å². The SMILES string of the molecule is CC(C)(C)[NH-].COc1ccc(C2=C(C)C[C-]=C2)cc1.[CH3-].[CH3-].[Cl-].[Cl-].[SiH4].[Ti+2]. The smallest absolute Gasteiger partial charge is 1.00 e. The Hall–Kier alpha value is -0.0288. The monoisotopic (exact) mass is 437 g/mol. The van der Waals surface area contributed by atoms with Crippen LogP contribution in [0.1, 0.15) is 39.7 Å². The van der Waals surface area contributed by atoms with Gasteiger partial charge in [-0.1, -0.05) is 39.8 Å². The maximum absolute atomic E-state index is 6.94. The molecule has 0 aromatic heterocycles. The van der Waals surface area contributed by atoms with Crippen molar-refractivity contribution in [3.8, 4) is 5.75 Å². The van der Waals surface area contributed by atoms with Crippen LogP contribution in [-0.4, -0.2) is 23.6 Å². The molecule has 0 unspecified atom stereocenters. The zero-order valence-electron chi connectivity index (χ0n) is 15.8. The van der Waals surface area contributed by atoms with Gasteiger partial charge in [0.15, 0.2) is 0 Å². The molecule has 0 bridgehead atoms. The van der Waals surface area contributed by atoms with E-state index >= 15 is 0 Å². The van der Waals surface area contributed by atoms with Crippen LogP contribution in [-0.2, 0) is 21.7 Å². The van der Waals surface area contributed by atoms with E-state index in [0.29, 0.717) is 0 Å². The first-order valence-corrected chi connectivity index (χ1v) is 6.47. The second-order valence-electron chi connectivity index (χ2n) is 5.70. The third kappa shape index (κ3) is 17.2. The molecule has 2 rings (SSSR count). The van der Waals surface area contributed by atoms with Gasteiger partial charge in [-0.3, -0.25) is 6.08 Å². The molecule has 0 radical (unpaired) electrons. The second-order valence-corrected chi connectivity index (χ2v) is 5.70. The Balaban J connectivity index is -0.0000000743. The van der Waals surface area contributed by atoms with Crippen LogP contribution in [0.2, 0.25) is 0 Å². The Kier molecular flexibility index (Phi) is 29.9. The first-order chi connectivity index (χ1) is 8.81. The van der Waals surface area contributed by atoms with E-state index in [1.807, 2.05) is 32.9 Å². The van der Waals surface area contributed by atoms with Crippen molar-refractivity contribution in [1.82, 2.24) is 0 Å². The first kappa shape index (κ1) is 39.9. The molecule has 1 aromatic carbocycles. The summed E-state index contributed by atoms with van der Waals surface area (Å²) in [5, 5.41) is 0. The average molecular weight is 438 g/mol. The van der Waals surface area contributed by atoms with Crippen molar-refractivity contribution in [3.05, 3.63) is 68.1 Å². The zero-order chi connectivity index (χ0) is 14.5. The van der Waals surface area contributed by atoms with Crippen molar-refractivity contribution in [2.75, 3.05) is 7.11 Å². The normalized spacial score (nSPS) is 10.8. The summed E-state index contributed by atoms with van der Waals surface area (Å²) in [6.07, 6.45) is 6.25. The number of hydrogen-bond donors (Lipinski definition) is 0. The van der Waals surface area contributed by atoms with Gasteiger partial charge >= 0.3 is 21.7 Å². The van der Waals surface area contributed by atoms with Crippen molar-refractivity contribution >= 4 is 16.5 Å². The van der Waals surface area contributed by atoms with Gasteiger partial charge < -0.3 is 50.1 Å². The van der Waals surface area contributed by atoms with E-state index in [1.54, 1.807) is 7.11 Å². The van der Waals surface area contributed by atoms with E-state index < -0.39 is 0 Å². The van der Waals surface area contributed by atoms with E-state index in [2.05, 4.69) is 31.2 Å². The molecular weight excluding hydrogens is 405 g/mol. The summed E-state index contributed by atoms with van der Waals surface area (Å²) < 4.78 is 5.12. The Labute approximate surface area is 187 Å². The molecule has 0 heterocycles. The number of ether oxygens (including phenoxy) is 1. The summed E-state index contributed by atoms with van der Waals surface area (Å²) in [7, 11) is 1.68. The van der Waals surface area contributed by atoms with Crippen molar-refractivity contribution in [3.63, 3.8) is 0 Å². The molecular formula is C19H33Cl2NOSiTi-4. The van der Waals surface area contributed by atoms with Crippen LogP contribution >= 0.6 is 0 Å². The fraction of sp³-hybridized carbons (Fsp3) is 0.368. The summed E-state index contributed by atoms with van der Waals surface area (Å²) in [5.74, 6) is 0.901. The molecule has 146 valence electrons. The van der Waals surface area contributed by atoms with Crippen LogP contribution in [0, 0.1) is 20.9 Å². The summed E-state index contributed by atoms with van der Waals surface area (Å²) in [6, 6.07) is 8.14. The molecule has 0 saturated carbocycles. The summed E-state index contributed by atoms with van der Waals surface area (Å²) in [5.41, 5.74) is 10.6. The number of benzene rings is 1. The van der Waals surface area contributed by atoms with Crippen molar-refractivity contribution in [1.29, 1.82) is 0 Å². The van der Waals surface area contributed by atoms with Gasteiger partial charge in [-0.05, 0) is 23.1 Å². The minimum Gasteiger partial charge on any atom is -1.00 e. The predicted molar refractivity (Wildman–Crippen MR) is 106 cm³/mol. The van der Waals surface area contributed by atoms with Crippen LogP contribution in [0.3, 0.4) is 0 Å². The molecule has 0 amide bonds. The van der Waals surface area contributed by atoms with Gasteiger partial charge in [0.2, 0.25) is 0 Å². The van der Waals surface area contributed by atoms with Crippen LogP contribution in [0.5, 0.6) is 5.75 Å². The largest absolute Gasteiger partial charge is 2.00 e. The topological polar surface area (TPSA) is 33.0 Å². The van der Waals surface area contributed by atoms with E-state index in [4.69, 9.17) is 10.5 Å². The number of hydrogen-bond acceptors (Lipinski definition) is 1. The van der Waals surface area contributed by atoms with Gasteiger partial charge in [0, 0.05) is 0 Å². The Morgan fingerprint density at radius 2 is 1.44 bits per heavy atom. The molecule has 0 fully saturated rings. The fourth-order valence-corrected chi connectivity index (χ4v) is 1.62. The van der Waals surface area contributed by atoms with Crippen LogP contribution in [0.4, 0.5) is 0 Å². The first-order valence-electron chi connectivity index (χ1n) is 6.47. The molecule has 0 aliphatic heterocycles. The number of methoxy groups -OCH3 is 1. The summed E-state index contributed by atoms with van der Waals surface area (Å²) in [4.78, 5) is 0. The minimum absolute atomic E-state index is 0. The van der Waals surface area contributed by atoms with Crippen LogP contribution in [0.15, 0.2) is 35.9 Å². The van der Waals surface area contributed by atoms with Crippen molar-refractivity contribution < 1.29 is 51.3 Å². The molecule has 1 aromatic rings. The Morgan fingerprint density at radius 3 is 1.72 bits per heavy atom. The predicted octanol–water partition coefficient (Wildman–Crippen LogP) is -1.48. The van der Waals surface area contributed by atoms with E-state index in [9.17, 15) is 0 Å². The molecule has 1 aliphatic rings. The number of halogens is 2. The maximum Gasteiger partial charge on any atom is 2.00 e. The van der Waals surface area contributed by atoms with Gasteiger partial charge in [0.25, 0.3) is 0 Å². The minimum atomic E-state index is -0.250. The van der Waals surface area contributed by atoms with Crippen LogP contribution < -0.4 is 29.6 Å². The summed E-state index contributed by atoms with van der Waals surface area (Å²) >= 11 is 0. The van der Waals surface area contributed by atoms with Gasteiger partial charge in [-0.25, -0.2) is 6.08 Å². The molecule has 0 spiro atoms. The number of rotatable bonds is 2. The van der Waals surface area contributed by atoms with E-state index in [1.165, 1.54) is 16.7 Å². The molecule has 0 atom stereocenters.